The standard InChI is InChI=1S/C14H21N3O2/c15-11-3-6-16(7-4-11)12-5-8-17(10-12)14(18)13-2-1-9-19-13/h1-2,9,11-12H,3-8,10,15H2. The van der Waals surface area contributed by atoms with Gasteiger partial charge in [-0.05, 0) is 44.5 Å². The van der Waals surface area contributed by atoms with E-state index < -0.39 is 0 Å². The van der Waals surface area contributed by atoms with E-state index in [9.17, 15) is 4.79 Å². The van der Waals surface area contributed by atoms with Gasteiger partial charge in [0.2, 0.25) is 0 Å². The third-order valence-corrected chi connectivity index (χ3v) is 4.27. The number of nitrogens with two attached hydrogens (primary N) is 1. The van der Waals surface area contributed by atoms with Crippen LogP contribution in [-0.4, -0.2) is 54.0 Å². The van der Waals surface area contributed by atoms with Gasteiger partial charge in [-0.25, -0.2) is 0 Å². The van der Waals surface area contributed by atoms with Gasteiger partial charge in [0.15, 0.2) is 5.76 Å². The fourth-order valence-electron chi connectivity index (χ4n) is 3.06. The second-order valence-corrected chi connectivity index (χ2v) is 5.54. The molecule has 2 aliphatic heterocycles. The van der Waals surface area contributed by atoms with Crippen LogP contribution in [0.3, 0.4) is 0 Å². The first-order chi connectivity index (χ1) is 9.24. The van der Waals surface area contributed by atoms with Crippen LogP contribution in [0.15, 0.2) is 22.8 Å². The minimum atomic E-state index is 0.0150. The van der Waals surface area contributed by atoms with Crippen LogP contribution in [0.25, 0.3) is 0 Å². The minimum Gasteiger partial charge on any atom is -0.459 e. The number of hydrogen-bond acceptors (Lipinski definition) is 4. The second-order valence-electron chi connectivity index (χ2n) is 5.54. The van der Waals surface area contributed by atoms with E-state index >= 15 is 0 Å². The fraction of sp³-hybridized carbons (Fsp3) is 0.643. The van der Waals surface area contributed by atoms with Gasteiger partial charge in [-0.2, -0.15) is 0 Å². The molecule has 0 radical (unpaired) electrons. The Morgan fingerprint density at radius 1 is 1.26 bits per heavy atom. The van der Waals surface area contributed by atoms with Crippen LogP contribution in [-0.2, 0) is 0 Å². The SMILES string of the molecule is NC1CCN(C2CCN(C(=O)c3ccco3)C2)CC1. The summed E-state index contributed by atoms with van der Waals surface area (Å²) in [4.78, 5) is 16.6. The zero-order valence-corrected chi connectivity index (χ0v) is 11.1. The lowest BCUT2D eigenvalue weighted by Gasteiger charge is -2.34. The fourth-order valence-corrected chi connectivity index (χ4v) is 3.06. The Kier molecular flexibility index (Phi) is 3.57. The van der Waals surface area contributed by atoms with E-state index in [4.69, 9.17) is 10.2 Å². The molecule has 2 saturated heterocycles. The lowest BCUT2D eigenvalue weighted by atomic mass is 10.0. The number of rotatable bonds is 2. The summed E-state index contributed by atoms with van der Waals surface area (Å²) in [6.07, 6.45) is 4.75. The summed E-state index contributed by atoms with van der Waals surface area (Å²) in [5, 5.41) is 0. The maximum Gasteiger partial charge on any atom is 0.289 e. The predicted octanol–water partition coefficient (Wildman–Crippen LogP) is 0.917. The molecule has 1 amide bonds. The van der Waals surface area contributed by atoms with Crippen molar-refractivity contribution in [1.29, 1.82) is 0 Å². The van der Waals surface area contributed by atoms with Crippen molar-refractivity contribution in [2.75, 3.05) is 26.2 Å². The number of furan rings is 1. The van der Waals surface area contributed by atoms with Crippen molar-refractivity contribution in [2.24, 2.45) is 5.73 Å². The topological polar surface area (TPSA) is 62.7 Å². The highest BCUT2D eigenvalue weighted by molar-refractivity contribution is 5.91. The molecule has 104 valence electrons. The van der Waals surface area contributed by atoms with Gasteiger partial charge in [-0.1, -0.05) is 0 Å². The molecule has 3 rings (SSSR count). The van der Waals surface area contributed by atoms with Crippen molar-refractivity contribution >= 4 is 5.91 Å². The van der Waals surface area contributed by atoms with Crippen LogP contribution in [0.1, 0.15) is 29.8 Å². The molecule has 0 aromatic carbocycles. The van der Waals surface area contributed by atoms with Gasteiger partial charge in [0.05, 0.1) is 6.26 Å². The van der Waals surface area contributed by atoms with Gasteiger partial charge in [0, 0.05) is 25.2 Å². The highest BCUT2D eigenvalue weighted by Crippen LogP contribution is 2.21. The average Bonchev–Trinajstić information content (AvgIpc) is 3.10. The van der Waals surface area contributed by atoms with Crippen LogP contribution in [0.5, 0.6) is 0 Å². The molecule has 0 saturated carbocycles. The molecule has 1 aromatic rings. The maximum absolute atomic E-state index is 12.2. The molecule has 5 heteroatoms. The van der Waals surface area contributed by atoms with E-state index in [1.165, 1.54) is 0 Å². The molecule has 2 fully saturated rings. The van der Waals surface area contributed by atoms with Crippen molar-refractivity contribution in [3.8, 4) is 0 Å². The summed E-state index contributed by atoms with van der Waals surface area (Å²) in [7, 11) is 0. The highest BCUT2D eigenvalue weighted by Gasteiger charge is 2.32. The molecule has 1 atom stereocenters. The number of carbonyl (C=O) groups excluding carboxylic acids is 1. The normalized spacial score (nSPS) is 25.9. The van der Waals surface area contributed by atoms with E-state index in [1.807, 2.05) is 4.90 Å². The van der Waals surface area contributed by atoms with Crippen molar-refractivity contribution in [2.45, 2.75) is 31.3 Å². The van der Waals surface area contributed by atoms with Crippen LogP contribution >= 0.6 is 0 Å². The lowest BCUT2D eigenvalue weighted by Crippen LogP contribution is -2.46. The zero-order chi connectivity index (χ0) is 13.2. The smallest absolute Gasteiger partial charge is 0.289 e. The van der Waals surface area contributed by atoms with E-state index in [1.54, 1.807) is 18.4 Å². The van der Waals surface area contributed by atoms with Gasteiger partial charge in [0.1, 0.15) is 0 Å². The van der Waals surface area contributed by atoms with Gasteiger partial charge in [0.25, 0.3) is 5.91 Å². The molecule has 2 N–H and O–H groups in total. The summed E-state index contributed by atoms with van der Waals surface area (Å²) in [5.41, 5.74) is 5.93. The number of hydrogen-bond donors (Lipinski definition) is 1. The van der Waals surface area contributed by atoms with E-state index in [-0.39, 0.29) is 5.91 Å². The molecule has 2 aliphatic rings. The third kappa shape index (κ3) is 2.67. The molecule has 1 unspecified atom stereocenters. The molecular formula is C14H21N3O2. The second kappa shape index (κ2) is 5.35. The first kappa shape index (κ1) is 12.7. The number of likely N-dealkylation sites (tertiary alicyclic amines) is 2. The van der Waals surface area contributed by atoms with Crippen LogP contribution in [0, 0.1) is 0 Å². The van der Waals surface area contributed by atoms with Gasteiger partial charge >= 0.3 is 0 Å². The summed E-state index contributed by atoms with van der Waals surface area (Å²) in [5.74, 6) is 0.461. The van der Waals surface area contributed by atoms with Crippen LogP contribution < -0.4 is 5.73 Å². The molecule has 19 heavy (non-hydrogen) atoms. The average molecular weight is 263 g/mol. The Labute approximate surface area is 113 Å². The highest BCUT2D eigenvalue weighted by atomic mass is 16.3. The van der Waals surface area contributed by atoms with Crippen molar-refractivity contribution in [3.63, 3.8) is 0 Å². The summed E-state index contributed by atoms with van der Waals surface area (Å²) >= 11 is 0. The third-order valence-electron chi connectivity index (χ3n) is 4.27. The number of nitrogens with zero attached hydrogens (tertiary/aromatic N) is 2. The van der Waals surface area contributed by atoms with Crippen LogP contribution in [0.2, 0.25) is 0 Å². The Balaban J connectivity index is 1.57. The molecule has 5 nitrogen and oxygen atoms in total. The molecule has 3 heterocycles. The summed E-state index contributed by atoms with van der Waals surface area (Å²) in [6, 6.07) is 4.34. The van der Waals surface area contributed by atoms with Gasteiger partial charge < -0.3 is 15.1 Å². The van der Waals surface area contributed by atoms with Gasteiger partial charge in [-0.3, -0.25) is 9.69 Å². The van der Waals surface area contributed by atoms with Crippen LogP contribution in [0.4, 0.5) is 0 Å². The first-order valence-electron chi connectivity index (χ1n) is 7.06. The maximum atomic E-state index is 12.2. The monoisotopic (exact) mass is 263 g/mol. The van der Waals surface area contributed by atoms with E-state index in [0.29, 0.717) is 17.8 Å². The van der Waals surface area contributed by atoms with Crippen molar-refractivity contribution in [3.05, 3.63) is 24.2 Å². The minimum absolute atomic E-state index is 0.0150. The molecule has 0 bridgehead atoms. The van der Waals surface area contributed by atoms with Gasteiger partial charge in [-0.15, -0.1) is 0 Å². The molecule has 1 aromatic heterocycles. The van der Waals surface area contributed by atoms with Crippen molar-refractivity contribution in [1.82, 2.24) is 9.80 Å². The summed E-state index contributed by atoms with van der Waals surface area (Å²) in [6.45, 7) is 3.77. The Bertz CT molecular complexity index is 424. The Morgan fingerprint density at radius 2 is 2.05 bits per heavy atom. The van der Waals surface area contributed by atoms with E-state index in [2.05, 4.69) is 4.90 Å². The number of amides is 1. The first-order valence-corrected chi connectivity index (χ1v) is 7.06. The van der Waals surface area contributed by atoms with E-state index in [0.717, 1.165) is 45.4 Å². The molecule has 0 spiro atoms. The zero-order valence-electron chi connectivity index (χ0n) is 11.1. The largest absolute Gasteiger partial charge is 0.459 e. The van der Waals surface area contributed by atoms with Crippen molar-refractivity contribution < 1.29 is 9.21 Å². The number of piperidine rings is 1. The summed E-state index contributed by atoms with van der Waals surface area (Å²) < 4.78 is 5.18. The predicted molar refractivity (Wildman–Crippen MR) is 71.8 cm³/mol. The Hall–Kier alpha value is -1.33. The quantitative estimate of drug-likeness (QED) is 0.861. The molecule has 0 aliphatic carbocycles. The Morgan fingerprint density at radius 3 is 2.74 bits per heavy atom. The number of carbonyl (C=O) groups is 1. The molecular weight excluding hydrogens is 242 g/mol. The lowest BCUT2D eigenvalue weighted by molar-refractivity contribution is 0.0738.